The van der Waals surface area contributed by atoms with Gasteiger partial charge in [-0.3, -0.25) is 9.69 Å². The Morgan fingerprint density at radius 2 is 1.56 bits per heavy atom. The average molecular weight is 394 g/mol. The van der Waals surface area contributed by atoms with Gasteiger partial charge in [0.05, 0.1) is 11.4 Å². The largest absolute Gasteiger partial charge is 0.336 e. The van der Waals surface area contributed by atoms with Gasteiger partial charge in [-0.1, -0.05) is 17.7 Å². The van der Waals surface area contributed by atoms with E-state index in [-0.39, 0.29) is 5.91 Å². The lowest BCUT2D eigenvalue weighted by Crippen LogP contribution is -2.54. The fourth-order valence-electron chi connectivity index (χ4n) is 4.17. The summed E-state index contributed by atoms with van der Waals surface area (Å²) in [5, 5.41) is 0. The number of hydrogen-bond donors (Lipinski definition) is 0. The molecule has 0 N–H and O–H groups in total. The molecule has 1 amide bonds. The first-order valence-electron chi connectivity index (χ1n) is 9.89. The number of nitrogens with zero attached hydrogens (tertiary/aromatic N) is 3. The third-order valence-corrected chi connectivity index (χ3v) is 7.74. The second-order valence-electron chi connectivity index (χ2n) is 7.92. The molecule has 1 aromatic carbocycles. The molecule has 0 saturated carbocycles. The molecule has 2 fully saturated rings. The van der Waals surface area contributed by atoms with Crippen molar-refractivity contribution in [1.82, 2.24) is 14.1 Å². The monoisotopic (exact) mass is 393 g/mol. The van der Waals surface area contributed by atoms with Crippen molar-refractivity contribution in [3.05, 3.63) is 29.8 Å². The van der Waals surface area contributed by atoms with Crippen molar-refractivity contribution < 1.29 is 13.2 Å². The number of carbonyl (C=O) groups is 1. The molecule has 0 bridgehead atoms. The minimum absolute atomic E-state index is 0.171. The number of piperidine rings is 1. The summed E-state index contributed by atoms with van der Waals surface area (Å²) in [6.07, 6.45) is 3.32. The first-order valence-corrected chi connectivity index (χ1v) is 11.3. The van der Waals surface area contributed by atoms with Crippen LogP contribution in [0.4, 0.5) is 0 Å². The molecule has 2 aliphatic rings. The number of benzene rings is 1. The maximum absolute atomic E-state index is 12.8. The zero-order chi connectivity index (χ0) is 19.6. The quantitative estimate of drug-likeness (QED) is 0.786. The zero-order valence-corrected chi connectivity index (χ0v) is 17.4. The van der Waals surface area contributed by atoms with Crippen LogP contribution in [-0.4, -0.2) is 73.2 Å². The van der Waals surface area contributed by atoms with Crippen LogP contribution in [0.3, 0.4) is 0 Å². The summed E-state index contributed by atoms with van der Waals surface area (Å²) in [6.45, 7) is 8.60. The molecule has 1 aromatic rings. The van der Waals surface area contributed by atoms with Crippen LogP contribution < -0.4 is 0 Å². The molecule has 2 saturated heterocycles. The fourth-order valence-corrected chi connectivity index (χ4v) is 5.60. The summed E-state index contributed by atoms with van der Waals surface area (Å²) < 4.78 is 27.1. The molecule has 0 radical (unpaired) electrons. The Bertz CT molecular complexity index is 745. The van der Waals surface area contributed by atoms with Gasteiger partial charge in [0.25, 0.3) is 0 Å². The highest BCUT2D eigenvalue weighted by Gasteiger charge is 2.32. The number of likely N-dealkylation sites (tertiary alicyclic amines) is 1. The minimum atomic E-state index is -3.46. The first kappa shape index (κ1) is 20.3. The van der Waals surface area contributed by atoms with Gasteiger partial charge in [0.15, 0.2) is 0 Å². The van der Waals surface area contributed by atoms with Gasteiger partial charge >= 0.3 is 0 Å². The van der Waals surface area contributed by atoms with Gasteiger partial charge in [0, 0.05) is 38.3 Å². The molecule has 2 atom stereocenters. The van der Waals surface area contributed by atoms with Crippen LogP contribution in [0.15, 0.2) is 29.2 Å². The molecule has 0 spiro atoms. The highest BCUT2D eigenvalue weighted by Crippen LogP contribution is 2.23. The Morgan fingerprint density at radius 1 is 1.00 bits per heavy atom. The zero-order valence-electron chi connectivity index (χ0n) is 16.6. The first-order chi connectivity index (χ1) is 12.8. The van der Waals surface area contributed by atoms with Crippen LogP contribution in [0.1, 0.15) is 38.7 Å². The number of rotatable bonds is 4. The molecular formula is C20H31N3O3S. The fraction of sp³-hybridized carbons (Fsp3) is 0.650. The van der Waals surface area contributed by atoms with E-state index in [1.807, 2.05) is 24.0 Å². The lowest BCUT2D eigenvalue weighted by molar-refractivity contribution is -0.138. The predicted octanol–water partition coefficient (Wildman–Crippen LogP) is 2.09. The van der Waals surface area contributed by atoms with Crippen LogP contribution in [0, 0.1) is 6.92 Å². The van der Waals surface area contributed by atoms with E-state index in [0.29, 0.717) is 49.7 Å². The SMILES string of the molecule is Cc1ccc(S(=O)(=O)N2CCN(CC(=O)N3[C@@H](C)CCC[C@@H]3C)CC2)cc1. The maximum atomic E-state index is 12.8. The molecule has 0 aromatic heterocycles. The van der Waals surface area contributed by atoms with Gasteiger partial charge in [-0.05, 0) is 52.2 Å². The van der Waals surface area contributed by atoms with Gasteiger partial charge in [-0.2, -0.15) is 4.31 Å². The summed E-state index contributed by atoms with van der Waals surface area (Å²) >= 11 is 0. The van der Waals surface area contributed by atoms with Crippen LogP contribution in [0.25, 0.3) is 0 Å². The van der Waals surface area contributed by atoms with Gasteiger partial charge in [-0.25, -0.2) is 8.42 Å². The summed E-state index contributed by atoms with van der Waals surface area (Å²) in [5.41, 5.74) is 1.04. The van der Waals surface area contributed by atoms with Crippen molar-refractivity contribution in [2.45, 2.75) is 57.0 Å². The Hall–Kier alpha value is -1.44. The van der Waals surface area contributed by atoms with Gasteiger partial charge < -0.3 is 4.90 Å². The molecule has 0 unspecified atom stereocenters. The summed E-state index contributed by atoms with van der Waals surface area (Å²) in [7, 11) is -3.46. The molecule has 2 heterocycles. The van der Waals surface area contributed by atoms with Gasteiger partial charge in [0.1, 0.15) is 0 Å². The van der Waals surface area contributed by atoms with Crippen molar-refractivity contribution in [3.8, 4) is 0 Å². The lowest BCUT2D eigenvalue weighted by Gasteiger charge is -2.41. The van der Waals surface area contributed by atoms with Crippen LogP contribution in [0.2, 0.25) is 0 Å². The number of aryl methyl sites for hydroxylation is 1. The number of sulfonamides is 1. The molecule has 27 heavy (non-hydrogen) atoms. The van der Waals surface area contributed by atoms with E-state index in [1.165, 1.54) is 10.7 Å². The minimum Gasteiger partial charge on any atom is -0.336 e. The summed E-state index contributed by atoms with van der Waals surface area (Å²) in [4.78, 5) is 17.2. The molecule has 6 nitrogen and oxygen atoms in total. The second kappa shape index (κ2) is 8.29. The van der Waals surface area contributed by atoms with E-state index < -0.39 is 10.0 Å². The molecule has 7 heteroatoms. The summed E-state index contributed by atoms with van der Waals surface area (Å²) in [5.74, 6) is 0.171. The van der Waals surface area contributed by atoms with E-state index in [9.17, 15) is 13.2 Å². The van der Waals surface area contributed by atoms with Crippen molar-refractivity contribution in [3.63, 3.8) is 0 Å². The molecule has 150 valence electrons. The molecule has 3 rings (SSSR count). The average Bonchev–Trinajstić information content (AvgIpc) is 2.62. The summed E-state index contributed by atoms with van der Waals surface area (Å²) in [6, 6.07) is 7.57. The van der Waals surface area contributed by atoms with Crippen molar-refractivity contribution in [1.29, 1.82) is 0 Å². The maximum Gasteiger partial charge on any atom is 0.243 e. The Balaban J connectivity index is 1.57. The van der Waals surface area contributed by atoms with Crippen molar-refractivity contribution >= 4 is 15.9 Å². The Kier molecular flexibility index (Phi) is 6.23. The Labute approximate surface area is 163 Å². The molecular weight excluding hydrogens is 362 g/mol. The lowest BCUT2D eigenvalue weighted by atomic mass is 9.97. The van der Waals surface area contributed by atoms with Crippen molar-refractivity contribution in [2.24, 2.45) is 0 Å². The van der Waals surface area contributed by atoms with E-state index in [4.69, 9.17) is 0 Å². The number of hydrogen-bond acceptors (Lipinski definition) is 4. The van der Waals surface area contributed by atoms with Gasteiger partial charge in [-0.15, -0.1) is 0 Å². The smallest absolute Gasteiger partial charge is 0.243 e. The topological polar surface area (TPSA) is 60.9 Å². The number of carbonyl (C=O) groups excluding carboxylic acids is 1. The van der Waals surface area contributed by atoms with E-state index >= 15 is 0 Å². The second-order valence-corrected chi connectivity index (χ2v) is 9.86. The third-order valence-electron chi connectivity index (χ3n) is 5.83. The van der Waals surface area contributed by atoms with Crippen LogP contribution >= 0.6 is 0 Å². The van der Waals surface area contributed by atoms with Crippen LogP contribution in [0.5, 0.6) is 0 Å². The molecule has 0 aliphatic carbocycles. The van der Waals surface area contributed by atoms with Crippen LogP contribution in [-0.2, 0) is 14.8 Å². The van der Waals surface area contributed by atoms with E-state index in [0.717, 1.165) is 18.4 Å². The standard InChI is InChI=1S/C20H31N3O3S/c1-16-7-9-19(10-8-16)27(25,26)22-13-11-21(12-14-22)15-20(24)23-17(2)5-4-6-18(23)3/h7-10,17-18H,4-6,11-15H2,1-3H3/t17-,18-/m0/s1. The third kappa shape index (κ3) is 4.52. The van der Waals surface area contributed by atoms with Gasteiger partial charge in [0.2, 0.25) is 15.9 Å². The normalized spacial score (nSPS) is 25.5. The van der Waals surface area contributed by atoms with E-state index in [1.54, 1.807) is 12.1 Å². The highest BCUT2D eigenvalue weighted by molar-refractivity contribution is 7.89. The molecule has 2 aliphatic heterocycles. The Morgan fingerprint density at radius 3 is 2.11 bits per heavy atom. The highest BCUT2D eigenvalue weighted by atomic mass is 32.2. The van der Waals surface area contributed by atoms with E-state index in [2.05, 4.69) is 18.7 Å². The number of amides is 1. The number of piperazine rings is 1. The van der Waals surface area contributed by atoms with Crippen molar-refractivity contribution in [2.75, 3.05) is 32.7 Å². The predicted molar refractivity (Wildman–Crippen MR) is 106 cm³/mol.